The summed E-state index contributed by atoms with van der Waals surface area (Å²) in [6, 6.07) is 15.4. The van der Waals surface area contributed by atoms with E-state index in [0.29, 0.717) is 0 Å². The highest BCUT2D eigenvalue weighted by Crippen LogP contribution is 2.25. The molecule has 1 aromatic heterocycles. The Bertz CT molecular complexity index is 1200. The van der Waals surface area contributed by atoms with Crippen molar-refractivity contribution in [2.45, 2.75) is 32.2 Å². The van der Waals surface area contributed by atoms with Crippen LogP contribution in [0.25, 0.3) is 0 Å². The minimum atomic E-state index is -0.668. The molecule has 0 aliphatic carbocycles. The van der Waals surface area contributed by atoms with Crippen molar-refractivity contribution in [3.05, 3.63) is 86.1 Å². The molecule has 0 bridgehead atoms. The fraction of sp³-hybridized carbons (Fsp3) is 0.261. The Morgan fingerprint density at radius 2 is 1.84 bits per heavy atom. The average Bonchev–Trinajstić information content (AvgIpc) is 2.75. The highest BCUT2D eigenvalue weighted by Gasteiger charge is 2.23. The Morgan fingerprint density at radius 1 is 1.13 bits per heavy atom. The van der Waals surface area contributed by atoms with Crippen molar-refractivity contribution >= 4 is 29.2 Å². The van der Waals surface area contributed by atoms with E-state index >= 15 is 0 Å². The van der Waals surface area contributed by atoms with E-state index in [1.807, 2.05) is 62.4 Å². The van der Waals surface area contributed by atoms with Gasteiger partial charge in [0.25, 0.3) is 5.56 Å². The number of H-pyrrole nitrogens is 1. The molecular formula is C23H26N4O3S. The number of nitrogens with zero attached hydrogens (tertiary/aromatic N) is 2. The van der Waals surface area contributed by atoms with Crippen LogP contribution in [0.3, 0.4) is 0 Å². The molecule has 3 rings (SSSR count). The molecule has 0 aliphatic rings. The average molecular weight is 439 g/mol. The van der Waals surface area contributed by atoms with Gasteiger partial charge in [-0.25, -0.2) is 4.79 Å². The summed E-state index contributed by atoms with van der Waals surface area (Å²) in [5.74, 6) is -0.130. The number of carbonyl (C=O) groups is 1. The van der Waals surface area contributed by atoms with Crippen molar-refractivity contribution in [1.82, 2.24) is 9.55 Å². The Balaban J connectivity index is 1.90. The lowest BCUT2D eigenvalue weighted by atomic mass is 10.2. The number of aromatic amines is 1. The standard InChI is InChI=1S/C23H26N4O3S/c1-4-26(19(28)14-31-18-12-15(2)10-11-16(18)3)20-21(24)27(23(30)25-22(20)29)13-17-8-6-5-7-9-17/h5-12H,4,13-14,24H2,1-3H3,(H,25,29,30). The fourth-order valence-electron chi connectivity index (χ4n) is 3.30. The van der Waals surface area contributed by atoms with Crippen molar-refractivity contribution in [2.24, 2.45) is 0 Å². The predicted octanol–water partition coefficient (Wildman–Crippen LogP) is 2.93. The maximum absolute atomic E-state index is 13.0. The summed E-state index contributed by atoms with van der Waals surface area (Å²) in [7, 11) is 0. The van der Waals surface area contributed by atoms with Gasteiger partial charge in [0.15, 0.2) is 5.69 Å². The summed E-state index contributed by atoms with van der Waals surface area (Å²) in [4.78, 5) is 42.7. The molecule has 0 spiro atoms. The number of benzene rings is 2. The number of aromatic nitrogens is 2. The number of amides is 1. The second kappa shape index (κ2) is 9.70. The lowest BCUT2D eigenvalue weighted by molar-refractivity contribution is -0.116. The molecule has 7 nitrogen and oxygen atoms in total. The highest BCUT2D eigenvalue weighted by atomic mass is 32.2. The van der Waals surface area contributed by atoms with Crippen molar-refractivity contribution in [1.29, 1.82) is 0 Å². The van der Waals surface area contributed by atoms with Crippen LogP contribution in [0, 0.1) is 13.8 Å². The molecule has 0 saturated carbocycles. The van der Waals surface area contributed by atoms with Gasteiger partial charge < -0.3 is 10.6 Å². The minimum absolute atomic E-state index is 0.00425. The number of nitrogens with one attached hydrogen (secondary N) is 1. The molecule has 31 heavy (non-hydrogen) atoms. The lowest BCUT2D eigenvalue weighted by Crippen LogP contribution is -2.41. The third-order valence-electron chi connectivity index (χ3n) is 4.98. The van der Waals surface area contributed by atoms with E-state index < -0.39 is 11.2 Å². The Labute approximate surface area is 184 Å². The number of rotatable bonds is 7. The molecule has 0 atom stereocenters. The molecular weight excluding hydrogens is 412 g/mol. The molecule has 3 aromatic rings. The fourth-order valence-corrected chi connectivity index (χ4v) is 4.30. The maximum Gasteiger partial charge on any atom is 0.330 e. The van der Waals surface area contributed by atoms with Gasteiger partial charge in [-0.2, -0.15) is 0 Å². The predicted molar refractivity (Wildman–Crippen MR) is 126 cm³/mol. The van der Waals surface area contributed by atoms with E-state index in [0.717, 1.165) is 21.6 Å². The van der Waals surface area contributed by atoms with Gasteiger partial charge in [-0.15, -0.1) is 11.8 Å². The first-order valence-corrected chi connectivity index (χ1v) is 11.0. The van der Waals surface area contributed by atoms with Crippen LogP contribution in [0.2, 0.25) is 0 Å². The SMILES string of the molecule is CCN(C(=O)CSc1cc(C)ccc1C)c1c(N)n(Cc2ccccc2)c(=O)[nH]c1=O. The third kappa shape index (κ3) is 5.08. The molecule has 0 unspecified atom stereocenters. The Morgan fingerprint density at radius 3 is 2.52 bits per heavy atom. The van der Waals surface area contributed by atoms with Crippen LogP contribution < -0.4 is 21.9 Å². The molecule has 0 aliphatic heterocycles. The first kappa shape index (κ1) is 22.4. The number of anilines is 2. The number of nitrogens with two attached hydrogens (primary N) is 1. The van der Waals surface area contributed by atoms with E-state index in [2.05, 4.69) is 4.98 Å². The molecule has 8 heteroatoms. The van der Waals surface area contributed by atoms with Crippen molar-refractivity contribution in [3.8, 4) is 0 Å². The number of nitrogen functional groups attached to an aromatic ring is 1. The molecule has 3 N–H and O–H groups in total. The van der Waals surface area contributed by atoms with Crippen LogP contribution >= 0.6 is 11.8 Å². The van der Waals surface area contributed by atoms with Crippen LogP contribution in [-0.4, -0.2) is 27.8 Å². The molecule has 162 valence electrons. The van der Waals surface area contributed by atoms with E-state index in [1.54, 1.807) is 6.92 Å². The second-order valence-corrected chi connectivity index (χ2v) is 8.28. The van der Waals surface area contributed by atoms with Gasteiger partial charge >= 0.3 is 5.69 Å². The first-order valence-electron chi connectivity index (χ1n) is 9.98. The number of thioether (sulfide) groups is 1. The van der Waals surface area contributed by atoms with E-state index in [-0.39, 0.29) is 36.3 Å². The second-order valence-electron chi connectivity index (χ2n) is 7.26. The monoisotopic (exact) mass is 438 g/mol. The van der Waals surface area contributed by atoms with Crippen LogP contribution in [0.4, 0.5) is 11.5 Å². The molecule has 0 saturated heterocycles. The minimum Gasteiger partial charge on any atom is -0.383 e. The third-order valence-corrected chi connectivity index (χ3v) is 6.12. The Kier molecular flexibility index (Phi) is 7.02. The number of hydrogen-bond donors (Lipinski definition) is 2. The first-order chi connectivity index (χ1) is 14.8. The van der Waals surface area contributed by atoms with Gasteiger partial charge in [0.05, 0.1) is 12.3 Å². The normalized spacial score (nSPS) is 10.8. The summed E-state index contributed by atoms with van der Waals surface area (Å²) in [5.41, 5.74) is 8.02. The van der Waals surface area contributed by atoms with Gasteiger partial charge in [-0.05, 0) is 38.0 Å². The molecule has 2 aromatic carbocycles. The Hall–Kier alpha value is -3.26. The van der Waals surface area contributed by atoms with Crippen molar-refractivity contribution in [2.75, 3.05) is 22.9 Å². The number of hydrogen-bond acceptors (Lipinski definition) is 5. The van der Waals surface area contributed by atoms with Crippen LogP contribution in [0.5, 0.6) is 0 Å². The van der Waals surface area contributed by atoms with Crippen molar-refractivity contribution in [3.63, 3.8) is 0 Å². The topological polar surface area (TPSA) is 101 Å². The van der Waals surface area contributed by atoms with Gasteiger partial charge in [0.2, 0.25) is 5.91 Å². The zero-order valence-corrected chi connectivity index (χ0v) is 18.7. The molecule has 1 heterocycles. The van der Waals surface area contributed by atoms with Gasteiger partial charge in [-0.1, -0.05) is 48.0 Å². The molecule has 0 radical (unpaired) electrons. The van der Waals surface area contributed by atoms with Crippen LogP contribution in [-0.2, 0) is 11.3 Å². The number of carbonyl (C=O) groups excluding carboxylic acids is 1. The largest absolute Gasteiger partial charge is 0.383 e. The molecule has 1 amide bonds. The summed E-state index contributed by atoms with van der Waals surface area (Å²) in [6.45, 7) is 6.21. The van der Waals surface area contributed by atoms with Gasteiger partial charge in [0, 0.05) is 11.4 Å². The van der Waals surface area contributed by atoms with Crippen LogP contribution in [0.1, 0.15) is 23.6 Å². The van der Waals surface area contributed by atoms with E-state index in [1.165, 1.54) is 21.2 Å². The van der Waals surface area contributed by atoms with E-state index in [9.17, 15) is 14.4 Å². The van der Waals surface area contributed by atoms with Crippen LogP contribution in [0.15, 0.2) is 63.0 Å². The molecule has 0 fully saturated rings. The lowest BCUT2D eigenvalue weighted by Gasteiger charge is -2.23. The van der Waals surface area contributed by atoms with Gasteiger partial charge in [-0.3, -0.25) is 19.1 Å². The maximum atomic E-state index is 13.0. The summed E-state index contributed by atoms with van der Waals surface area (Å²) in [5, 5.41) is 0. The van der Waals surface area contributed by atoms with Gasteiger partial charge in [0.1, 0.15) is 5.82 Å². The van der Waals surface area contributed by atoms with Crippen molar-refractivity contribution < 1.29 is 4.79 Å². The van der Waals surface area contributed by atoms with E-state index in [4.69, 9.17) is 5.73 Å². The quantitative estimate of drug-likeness (QED) is 0.553. The summed E-state index contributed by atoms with van der Waals surface area (Å²) < 4.78 is 1.28. The number of aryl methyl sites for hydroxylation is 2. The summed E-state index contributed by atoms with van der Waals surface area (Å²) >= 11 is 1.42. The smallest absolute Gasteiger partial charge is 0.330 e. The zero-order chi connectivity index (χ0) is 22.5. The zero-order valence-electron chi connectivity index (χ0n) is 17.8. The summed E-state index contributed by atoms with van der Waals surface area (Å²) in [6.07, 6.45) is 0. The highest BCUT2D eigenvalue weighted by molar-refractivity contribution is 8.00.